The van der Waals surface area contributed by atoms with E-state index in [4.69, 9.17) is 11.6 Å². The zero-order chi connectivity index (χ0) is 19.4. The van der Waals surface area contributed by atoms with E-state index in [0.717, 1.165) is 19.0 Å². The number of halogens is 4. The summed E-state index contributed by atoms with van der Waals surface area (Å²) in [6.45, 7) is 1.75. The van der Waals surface area contributed by atoms with Crippen LogP contribution in [0.2, 0.25) is 5.15 Å². The lowest BCUT2D eigenvalue weighted by Gasteiger charge is -2.26. The Morgan fingerprint density at radius 1 is 1.30 bits per heavy atom. The van der Waals surface area contributed by atoms with Gasteiger partial charge in [-0.2, -0.15) is 18.3 Å². The number of nitrogens with zero attached hydrogens (tertiary/aromatic N) is 4. The number of alkyl halides is 3. The van der Waals surface area contributed by atoms with Crippen LogP contribution in [-0.2, 0) is 6.18 Å². The van der Waals surface area contributed by atoms with Gasteiger partial charge in [-0.3, -0.25) is 0 Å². The standard InChI is InChI=1S/C17H19ClF3N5O/c1-16(27)6-2-3-12(16)26-14(18)11(8-23-26)24-15-22-7-10(17(19,20)21)13(25-15)9-4-5-9/h7-9,12,27H,2-6H2,1H3,(H,22,24,25). The first-order chi connectivity index (χ1) is 12.7. The van der Waals surface area contributed by atoms with Gasteiger partial charge in [0.15, 0.2) is 5.15 Å². The Kier molecular flexibility index (Phi) is 4.34. The van der Waals surface area contributed by atoms with Gasteiger partial charge in [0.1, 0.15) is 0 Å². The molecule has 27 heavy (non-hydrogen) atoms. The third-order valence-electron chi connectivity index (χ3n) is 5.24. The van der Waals surface area contributed by atoms with Crippen molar-refractivity contribution < 1.29 is 18.3 Å². The molecule has 2 aliphatic rings. The third kappa shape index (κ3) is 3.50. The summed E-state index contributed by atoms with van der Waals surface area (Å²) in [6.07, 6.45) is 1.44. The van der Waals surface area contributed by atoms with Crippen molar-refractivity contribution in [3.8, 4) is 0 Å². The Morgan fingerprint density at radius 3 is 2.63 bits per heavy atom. The maximum atomic E-state index is 13.1. The van der Waals surface area contributed by atoms with Crippen molar-refractivity contribution in [2.24, 2.45) is 0 Å². The summed E-state index contributed by atoms with van der Waals surface area (Å²) in [5.41, 5.74) is -1.29. The molecule has 0 radical (unpaired) electrons. The van der Waals surface area contributed by atoms with Crippen molar-refractivity contribution in [2.45, 2.75) is 62.8 Å². The molecule has 0 spiro atoms. The van der Waals surface area contributed by atoms with Crippen molar-refractivity contribution in [3.05, 3.63) is 28.8 Å². The number of hydrogen-bond acceptors (Lipinski definition) is 5. The lowest BCUT2D eigenvalue weighted by atomic mass is 10.0. The number of nitrogens with one attached hydrogen (secondary N) is 1. The minimum absolute atomic E-state index is 0.0160. The van der Waals surface area contributed by atoms with Crippen LogP contribution in [0.1, 0.15) is 62.2 Å². The van der Waals surface area contributed by atoms with Gasteiger partial charge in [0, 0.05) is 12.1 Å². The second kappa shape index (κ2) is 6.34. The summed E-state index contributed by atoms with van der Waals surface area (Å²) in [4.78, 5) is 7.89. The van der Waals surface area contributed by atoms with Crippen LogP contribution in [0.15, 0.2) is 12.4 Å². The van der Waals surface area contributed by atoms with E-state index in [1.165, 1.54) is 6.20 Å². The number of aliphatic hydroxyl groups is 1. The fourth-order valence-corrected chi connectivity index (χ4v) is 3.88. The van der Waals surface area contributed by atoms with Gasteiger partial charge in [-0.25, -0.2) is 14.6 Å². The minimum Gasteiger partial charge on any atom is -0.388 e. The second-order valence-electron chi connectivity index (χ2n) is 7.45. The van der Waals surface area contributed by atoms with Crippen LogP contribution >= 0.6 is 11.6 Å². The average Bonchev–Trinajstić information content (AvgIpc) is 3.29. The molecule has 0 saturated heterocycles. The lowest BCUT2D eigenvalue weighted by Crippen LogP contribution is -2.31. The Hall–Kier alpha value is -1.87. The van der Waals surface area contributed by atoms with Gasteiger partial charge < -0.3 is 10.4 Å². The van der Waals surface area contributed by atoms with Gasteiger partial charge in [-0.15, -0.1) is 0 Å². The molecule has 10 heteroatoms. The molecule has 2 unspecified atom stereocenters. The highest BCUT2D eigenvalue weighted by molar-refractivity contribution is 6.32. The van der Waals surface area contributed by atoms with Gasteiger partial charge >= 0.3 is 6.18 Å². The summed E-state index contributed by atoms with van der Waals surface area (Å²) in [7, 11) is 0. The molecule has 0 aliphatic heterocycles. The Bertz CT molecular complexity index is 863. The van der Waals surface area contributed by atoms with E-state index in [1.54, 1.807) is 11.6 Å². The van der Waals surface area contributed by atoms with Gasteiger partial charge in [0.25, 0.3) is 0 Å². The normalized spacial score (nSPS) is 25.8. The summed E-state index contributed by atoms with van der Waals surface area (Å²) < 4.78 is 41.0. The molecule has 146 valence electrons. The second-order valence-corrected chi connectivity index (χ2v) is 7.81. The minimum atomic E-state index is -4.48. The van der Waals surface area contributed by atoms with E-state index in [1.807, 2.05) is 0 Å². The molecule has 2 fully saturated rings. The molecule has 2 N–H and O–H groups in total. The van der Waals surface area contributed by atoms with Gasteiger partial charge in [0.05, 0.1) is 34.8 Å². The molecule has 2 heterocycles. The van der Waals surface area contributed by atoms with Crippen LogP contribution in [0.25, 0.3) is 0 Å². The van der Waals surface area contributed by atoms with Crippen LogP contribution in [0, 0.1) is 0 Å². The quantitative estimate of drug-likeness (QED) is 0.792. The molecule has 2 atom stereocenters. The Morgan fingerprint density at radius 2 is 2.04 bits per heavy atom. The largest absolute Gasteiger partial charge is 0.419 e. The number of aromatic nitrogens is 4. The molecule has 2 saturated carbocycles. The molecule has 0 aromatic carbocycles. The molecule has 4 rings (SSSR count). The van der Waals surface area contributed by atoms with E-state index in [0.29, 0.717) is 24.9 Å². The van der Waals surface area contributed by atoms with Gasteiger partial charge in [-0.1, -0.05) is 11.6 Å². The van der Waals surface area contributed by atoms with E-state index < -0.39 is 17.3 Å². The predicted molar refractivity (Wildman–Crippen MR) is 93.0 cm³/mol. The third-order valence-corrected chi connectivity index (χ3v) is 5.62. The van der Waals surface area contributed by atoms with Crippen molar-refractivity contribution in [1.82, 2.24) is 19.7 Å². The topological polar surface area (TPSA) is 75.9 Å². The number of rotatable bonds is 4. The SMILES string of the molecule is CC1(O)CCCC1n1ncc(Nc2ncc(C(F)(F)F)c(C3CC3)n2)c1Cl. The molecular formula is C17H19ClF3N5O. The first-order valence-corrected chi connectivity index (χ1v) is 9.21. The smallest absolute Gasteiger partial charge is 0.388 e. The average molecular weight is 402 g/mol. The van der Waals surface area contributed by atoms with Crippen LogP contribution in [-0.4, -0.2) is 30.5 Å². The highest BCUT2D eigenvalue weighted by atomic mass is 35.5. The molecule has 6 nitrogen and oxygen atoms in total. The van der Waals surface area contributed by atoms with E-state index in [2.05, 4.69) is 20.4 Å². The predicted octanol–water partition coefficient (Wildman–Crippen LogP) is 4.44. The van der Waals surface area contributed by atoms with E-state index in [-0.39, 0.29) is 28.8 Å². The summed E-state index contributed by atoms with van der Waals surface area (Å²) >= 11 is 6.39. The van der Waals surface area contributed by atoms with Crippen LogP contribution in [0.4, 0.5) is 24.8 Å². The van der Waals surface area contributed by atoms with Crippen LogP contribution in [0.5, 0.6) is 0 Å². The number of anilines is 2. The fraction of sp³-hybridized carbons (Fsp3) is 0.588. The molecule has 0 bridgehead atoms. The molecular weight excluding hydrogens is 383 g/mol. The van der Waals surface area contributed by atoms with Crippen LogP contribution in [0.3, 0.4) is 0 Å². The Balaban J connectivity index is 1.61. The van der Waals surface area contributed by atoms with Crippen molar-refractivity contribution >= 4 is 23.2 Å². The summed E-state index contributed by atoms with van der Waals surface area (Å²) in [5, 5.41) is 17.8. The first-order valence-electron chi connectivity index (χ1n) is 8.83. The molecule has 2 aliphatic carbocycles. The van der Waals surface area contributed by atoms with E-state index in [9.17, 15) is 18.3 Å². The van der Waals surface area contributed by atoms with Gasteiger partial charge in [-0.05, 0) is 39.0 Å². The number of hydrogen-bond donors (Lipinski definition) is 2. The fourth-order valence-electron chi connectivity index (χ4n) is 3.63. The summed E-state index contributed by atoms with van der Waals surface area (Å²) in [5.74, 6) is -0.138. The zero-order valence-electron chi connectivity index (χ0n) is 14.6. The summed E-state index contributed by atoms with van der Waals surface area (Å²) in [6, 6.07) is -0.254. The lowest BCUT2D eigenvalue weighted by molar-refractivity contribution is -0.138. The molecule has 0 amide bonds. The highest BCUT2D eigenvalue weighted by Gasteiger charge is 2.41. The molecule has 2 aromatic rings. The maximum Gasteiger partial charge on any atom is 0.419 e. The van der Waals surface area contributed by atoms with Crippen molar-refractivity contribution in [1.29, 1.82) is 0 Å². The zero-order valence-corrected chi connectivity index (χ0v) is 15.3. The maximum absolute atomic E-state index is 13.1. The first kappa shape index (κ1) is 18.5. The van der Waals surface area contributed by atoms with Crippen molar-refractivity contribution in [3.63, 3.8) is 0 Å². The molecule has 2 aromatic heterocycles. The van der Waals surface area contributed by atoms with Gasteiger partial charge in [0.2, 0.25) is 5.95 Å². The monoisotopic (exact) mass is 401 g/mol. The van der Waals surface area contributed by atoms with E-state index >= 15 is 0 Å². The highest BCUT2D eigenvalue weighted by Crippen LogP contribution is 2.45. The Labute approximate surface area is 158 Å². The van der Waals surface area contributed by atoms with Crippen molar-refractivity contribution in [2.75, 3.05) is 5.32 Å². The van der Waals surface area contributed by atoms with Crippen LogP contribution < -0.4 is 5.32 Å².